The van der Waals surface area contributed by atoms with Crippen LogP contribution in [0.1, 0.15) is 40.5 Å². The third-order valence-corrected chi connectivity index (χ3v) is 11.7. The maximum absolute atomic E-state index is 15.6. The number of carbonyl (C=O) groups is 2. The van der Waals surface area contributed by atoms with Crippen molar-refractivity contribution in [3.05, 3.63) is 165 Å². The van der Waals surface area contributed by atoms with Crippen LogP contribution < -0.4 is 26.0 Å². The fourth-order valence-electron chi connectivity index (χ4n) is 7.06. The van der Waals surface area contributed by atoms with Crippen molar-refractivity contribution in [3.8, 4) is 22.6 Å². The van der Waals surface area contributed by atoms with Crippen molar-refractivity contribution < 1.29 is 36.3 Å². The lowest BCUT2D eigenvalue weighted by Gasteiger charge is -2.21. The monoisotopic (exact) mass is 874 g/mol. The Bertz CT molecular complexity index is 3090. The number of aryl methyl sites for hydroxylation is 1. The molecule has 0 bridgehead atoms. The zero-order valence-electron chi connectivity index (χ0n) is 33.3. The lowest BCUT2D eigenvalue weighted by molar-refractivity contribution is -0.136. The van der Waals surface area contributed by atoms with Gasteiger partial charge in [0.2, 0.25) is 0 Å². The molecular weight excluding hydrogens is 839 g/mol. The maximum atomic E-state index is 15.6. The zero-order chi connectivity index (χ0) is 44.3. The molecule has 0 spiro atoms. The number of carbonyl (C=O) groups excluding carboxylic acids is 2. The van der Waals surface area contributed by atoms with Gasteiger partial charge in [-0.3, -0.25) is 33.8 Å². The van der Waals surface area contributed by atoms with E-state index in [9.17, 15) is 27.6 Å². The van der Waals surface area contributed by atoms with Gasteiger partial charge in [0, 0.05) is 74.2 Å². The van der Waals surface area contributed by atoms with Gasteiger partial charge in [0.25, 0.3) is 21.5 Å². The maximum Gasteiger partial charge on any atom is 0.335 e. The molecule has 16 nitrogen and oxygen atoms in total. The van der Waals surface area contributed by atoms with Crippen LogP contribution in [-0.4, -0.2) is 68.6 Å². The van der Waals surface area contributed by atoms with Gasteiger partial charge in [0.05, 0.1) is 40.2 Å². The molecule has 1 amide bonds. The number of hydrogen-bond acceptors (Lipinski definition) is 12. The summed E-state index contributed by atoms with van der Waals surface area (Å²) in [6, 6.07) is 18.1. The summed E-state index contributed by atoms with van der Waals surface area (Å²) in [7, 11) is -3.06. The number of esters is 1. The number of rotatable bonds is 12. The number of hydrogen-bond donors (Lipinski definition) is 2. The van der Waals surface area contributed by atoms with Crippen LogP contribution in [0, 0.1) is 11.6 Å². The molecule has 63 heavy (non-hydrogen) atoms. The number of fused-ring (bicyclic) bond motifs is 1. The summed E-state index contributed by atoms with van der Waals surface area (Å²) in [4.78, 5) is 70.3. The second-order valence-electron chi connectivity index (χ2n) is 14.5. The molecule has 1 atom stereocenters. The lowest BCUT2D eigenvalue weighted by Crippen LogP contribution is -2.45. The summed E-state index contributed by atoms with van der Waals surface area (Å²) < 4.78 is 72.8. The molecule has 1 saturated heterocycles. The standard InChI is InChI=1S/C44H36F2N8O8S/c1-53-39-25-47-15-12-32(39)42(56)54(44(53)58)30-9-8-29(49-24-30)20-38(43(57)62-31-5-3-2-4-6-31)51-41(55)33-21-35(46)37(22-34(33)45)52-63(59,60)40-10-7-28(23-50-40)27-11-16-48-36(19-27)26-13-17-61-18-14-26/h2-12,15-16,19,21-26,38,52H,13-14,17-18,20H2,1H3,(H,51,55)/t38-/m0/s1. The molecule has 7 aromatic rings. The first-order valence-electron chi connectivity index (χ1n) is 19.5. The number of aromatic nitrogens is 6. The molecule has 8 rings (SSSR count). The molecule has 19 heteroatoms. The van der Waals surface area contributed by atoms with Crippen LogP contribution in [0.5, 0.6) is 5.75 Å². The number of para-hydroxylation sites is 1. The Morgan fingerprint density at radius 3 is 2.40 bits per heavy atom. The van der Waals surface area contributed by atoms with Crippen LogP contribution >= 0.6 is 0 Å². The third kappa shape index (κ3) is 9.09. The Balaban J connectivity index is 0.995. The van der Waals surface area contributed by atoms with Crippen molar-refractivity contribution >= 4 is 38.5 Å². The Morgan fingerprint density at radius 2 is 1.67 bits per heavy atom. The number of pyridine rings is 4. The van der Waals surface area contributed by atoms with Gasteiger partial charge in [0.1, 0.15) is 23.4 Å². The van der Waals surface area contributed by atoms with Gasteiger partial charge in [-0.15, -0.1) is 0 Å². The minimum atomic E-state index is -4.54. The Hall–Kier alpha value is -7.51. The number of benzene rings is 2. The highest BCUT2D eigenvalue weighted by atomic mass is 32.2. The van der Waals surface area contributed by atoms with Gasteiger partial charge in [-0.05, 0) is 79.1 Å². The molecule has 1 fully saturated rings. The van der Waals surface area contributed by atoms with Crippen molar-refractivity contribution in [1.82, 2.24) is 34.4 Å². The average Bonchev–Trinajstić information content (AvgIpc) is 3.30. The fourth-order valence-corrected chi connectivity index (χ4v) is 8.05. The molecule has 2 aromatic carbocycles. The minimum Gasteiger partial charge on any atom is -0.425 e. The summed E-state index contributed by atoms with van der Waals surface area (Å²) in [6.07, 6.45) is 8.40. The Morgan fingerprint density at radius 1 is 0.873 bits per heavy atom. The van der Waals surface area contributed by atoms with Crippen LogP contribution in [0.3, 0.4) is 0 Å². The summed E-state index contributed by atoms with van der Waals surface area (Å²) in [5.74, 6) is -4.48. The van der Waals surface area contributed by atoms with Gasteiger partial charge in [0.15, 0.2) is 5.03 Å². The predicted octanol–water partition coefficient (Wildman–Crippen LogP) is 4.86. The lowest BCUT2D eigenvalue weighted by atomic mass is 9.94. The summed E-state index contributed by atoms with van der Waals surface area (Å²) >= 11 is 0. The number of halogens is 2. The fraction of sp³-hybridized carbons (Fsp3) is 0.182. The molecule has 0 aliphatic carbocycles. The van der Waals surface area contributed by atoms with E-state index in [1.54, 1.807) is 30.5 Å². The van der Waals surface area contributed by atoms with E-state index in [1.165, 1.54) is 78.9 Å². The first-order valence-corrected chi connectivity index (χ1v) is 21.0. The predicted molar refractivity (Wildman–Crippen MR) is 225 cm³/mol. The number of nitrogens with one attached hydrogen (secondary N) is 2. The molecule has 2 N–H and O–H groups in total. The van der Waals surface area contributed by atoms with E-state index in [-0.39, 0.29) is 34.9 Å². The molecule has 1 aliphatic heterocycles. The van der Waals surface area contributed by atoms with Crippen LogP contribution in [-0.2, 0) is 33.0 Å². The highest BCUT2D eigenvalue weighted by molar-refractivity contribution is 7.92. The molecule has 320 valence electrons. The summed E-state index contributed by atoms with van der Waals surface area (Å²) in [5, 5.41) is 2.13. The van der Waals surface area contributed by atoms with Crippen LogP contribution in [0.15, 0.2) is 131 Å². The quantitative estimate of drug-likeness (QED) is 0.125. The first-order chi connectivity index (χ1) is 30.4. The minimum absolute atomic E-state index is 0.112. The van der Waals surface area contributed by atoms with Gasteiger partial charge in [-0.2, -0.15) is 8.42 Å². The van der Waals surface area contributed by atoms with Crippen molar-refractivity contribution in [2.45, 2.75) is 36.2 Å². The molecule has 6 heterocycles. The number of amides is 1. The van der Waals surface area contributed by atoms with E-state index in [4.69, 9.17) is 9.47 Å². The van der Waals surface area contributed by atoms with E-state index >= 15 is 8.78 Å². The molecule has 1 aliphatic rings. The first kappa shape index (κ1) is 42.2. The smallest absolute Gasteiger partial charge is 0.335 e. The largest absolute Gasteiger partial charge is 0.425 e. The highest BCUT2D eigenvalue weighted by Crippen LogP contribution is 2.29. The normalized spacial score (nSPS) is 13.6. The topological polar surface area (TPSA) is 206 Å². The van der Waals surface area contributed by atoms with Crippen molar-refractivity contribution in [1.29, 1.82) is 0 Å². The van der Waals surface area contributed by atoms with E-state index in [0.29, 0.717) is 36.4 Å². The SMILES string of the molecule is Cn1c(=O)n(-c2ccc(C[C@H](NC(=O)c3cc(F)c(NS(=O)(=O)c4ccc(-c5ccnc(C6CCOCC6)c5)cn4)cc3F)C(=O)Oc3ccccc3)nc2)c(=O)c2ccncc21. The van der Waals surface area contributed by atoms with Gasteiger partial charge < -0.3 is 14.8 Å². The molecule has 0 saturated carbocycles. The van der Waals surface area contributed by atoms with Gasteiger partial charge in [-0.25, -0.2) is 27.9 Å². The molecule has 5 aromatic heterocycles. The van der Waals surface area contributed by atoms with Crippen molar-refractivity contribution in [2.24, 2.45) is 7.05 Å². The number of nitrogens with zero attached hydrogens (tertiary/aromatic N) is 6. The summed E-state index contributed by atoms with van der Waals surface area (Å²) in [6.45, 7) is 1.28. The van der Waals surface area contributed by atoms with Crippen LogP contribution in [0.4, 0.5) is 14.5 Å². The van der Waals surface area contributed by atoms with E-state index in [1.807, 2.05) is 10.8 Å². The average molecular weight is 875 g/mol. The van der Waals surface area contributed by atoms with Gasteiger partial charge in [-0.1, -0.05) is 18.2 Å². The number of ether oxygens (including phenoxy) is 2. The summed E-state index contributed by atoms with van der Waals surface area (Å²) in [5.41, 5.74) is -0.0268. The van der Waals surface area contributed by atoms with E-state index in [2.05, 4.69) is 25.3 Å². The third-order valence-electron chi connectivity index (χ3n) is 10.4. The molecule has 0 radical (unpaired) electrons. The Labute approximate surface area is 357 Å². The zero-order valence-corrected chi connectivity index (χ0v) is 34.1. The van der Waals surface area contributed by atoms with Crippen LogP contribution in [0.2, 0.25) is 0 Å². The van der Waals surface area contributed by atoms with Gasteiger partial charge >= 0.3 is 11.7 Å². The second kappa shape index (κ2) is 17.8. The highest BCUT2D eigenvalue weighted by Gasteiger charge is 2.28. The molecular formula is C44H36F2N8O8S. The number of anilines is 1. The van der Waals surface area contributed by atoms with Crippen LogP contribution in [0.25, 0.3) is 27.7 Å². The van der Waals surface area contributed by atoms with Crippen molar-refractivity contribution in [3.63, 3.8) is 0 Å². The van der Waals surface area contributed by atoms with E-state index < -0.39 is 67.1 Å². The van der Waals surface area contributed by atoms with E-state index in [0.717, 1.165) is 28.7 Å². The number of sulfonamides is 1. The van der Waals surface area contributed by atoms with Crippen molar-refractivity contribution in [2.75, 3.05) is 17.9 Å². The molecule has 0 unspecified atom stereocenters. The Kier molecular flexibility index (Phi) is 11.9. The second-order valence-corrected chi connectivity index (χ2v) is 16.1.